The minimum absolute atomic E-state index is 0.574. The van der Waals surface area contributed by atoms with E-state index in [1.54, 1.807) is 0 Å². The van der Waals surface area contributed by atoms with Crippen LogP contribution in [0.5, 0.6) is 0 Å². The lowest BCUT2D eigenvalue weighted by Crippen LogP contribution is -2.54. The van der Waals surface area contributed by atoms with Gasteiger partial charge >= 0.3 is 0 Å². The van der Waals surface area contributed by atoms with Crippen LogP contribution in [0.15, 0.2) is 4.99 Å². The van der Waals surface area contributed by atoms with Crippen LogP contribution in [0.25, 0.3) is 0 Å². The van der Waals surface area contributed by atoms with Gasteiger partial charge in [0, 0.05) is 25.8 Å². The molecule has 4 aliphatic carbocycles. The smallest absolute Gasteiger partial charge is 0.0273 e. The highest BCUT2D eigenvalue weighted by molar-refractivity contribution is 5.61. The first-order valence-corrected chi connectivity index (χ1v) is 10.2. The highest BCUT2D eigenvalue weighted by atomic mass is 15.2. The van der Waals surface area contributed by atoms with Gasteiger partial charge in [-0.2, -0.15) is 0 Å². The Morgan fingerprint density at radius 1 is 1.22 bits per heavy atom. The fraction of sp³-hybridized carbons (Fsp3) is 0.952. The number of hydrogen-bond donors (Lipinski definition) is 0. The normalized spacial score (nSPS) is 53.2. The molecule has 0 amide bonds. The van der Waals surface area contributed by atoms with Gasteiger partial charge in [0.25, 0.3) is 0 Å². The van der Waals surface area contributed by atoms with Crippen molar-refractivity contribution in [3.63, 3.8) is 0 Å². The minimum Gasteiger partial charge on any atom is -0.303 e. The van der Waals surface area contributed by atoms with Gasteiger partial charge in [-0.25, -0.2) is 0 Å². The average Bonchev–Trinajstić information content (AvgIpc) is 3.43. The Morgan fingerprint density at radius 2 is 1.96 bits per heavy atom. The van der Waals surface area contributed by atoms with E-state index in [9.17, 15) is 0 Å². The molecule has 4 saturated carbocycles. The highest BCUT2D eigenvalue weighted by Gasteiger charge is 2.77. The molecule has 7 unspecified atom stereocenters. The number of nitrogens with zero attached hydrogens (tertiary/aromatic N) is 2. The van der Waals surface area contributed by atoms with Crippen molar-refractivity contribution in [3.8, 4) is 0 Å². The van der Waals surface area contributed by atoms with Gasteiger partial charge in [-0.3, -0.25) is 0 Å². The lowest BCUT2D eigenvalue weighted by molar-refractivity contribution is -0.0313. The molecule has 130 valence electrons. The first kappa shape index (κ1) is 16.1. The fourth-order valence-electron chi connectivity index (χ4n) is 7.06. The van der Waals surface area contributed by atoms with Crippen LogP contribution in [-0.4, -0.2) is 37.8 Å². The second-order valence-corrected chi connectivity index (χ2v) is 9.34. The monoisotopic (exact) mass is 316 g/mol. The van der Waals surface area contributed by atoms with E-state index in [0.29, 0.717) is 11.3 Å². The Morgan fingerprint density at radius 3 is 2.57 bits per heavy atom. The van der Waals surface area contributed by atoms with Crippen LogP contribution in [0.2, 0.25) is 0 Å². The lowest BCUT2D eigenvalue weighted by Gasteiger charge is -2.53. The number of aliphatic imine (C=N–C) groups is 1. The number of likely N-dealkylation sites (tertiary alicyclic amines) is 1. The molecule has 4 bridgehead atoms. The zero-order valence-electron chi connectivity index (χ0n) is 15.8. The Labute approximate surface area is 143 Å². The third kappa shape index (κ3) is 2.27. The number of rotatable bonds is 4. The predicted octanol–water partition coefficient (Wildman–Crippen LogP) is 4.35. The molecule has 0 spiro atoms. The molecule has 0 aromatic heterocycles. The minimum atomic E-state index is 0.574. The lowest BCUT2D eigenvalue weighted by atomic mass is 9.59. The van der Waals surface area contributed by atoms with E-state index in [0.717, 1.165) is 41.5 Å². The third-order valence-electron chi connectivity index (χ3n) is 8.63. The molecule has 0 radical (unpaired) electrons. The number of hydrogen-bond acceptors (Lipinski definition) is 2. The maximum Gasteiger partial charge on any atom is 0.0273 e. The predicted molar refractivity (Wildman–Crippen MR) is 97.8 cm³/mol. The first-order valence-electron chi connectivity index (χ1n) is 10.2. The van der Waals surface area contributed by atoms with Gasteiger partial charge in [0.2, 0.25) is 0 Å². The van der Waals surface area contributed by atoms with Crippen LogP contribution in [-0.2, 0) is 0 Å². The zero-order valence-corrected chi connectivity index (χ0v) is 15.8. The van der Waals surface area contributed by atoms with Gasteiger partial charge in [-0.15, -0.1) is 0 Å². The summed E-state index contributed by atoms with van der Waals surface area (Å²) in [5, 5.41) is 0. The molecule has 23 heavy (non-hydrogen) atoms. The van der Waals surface area contributed by atoms with Crippen molar-refractivity contribution in [2.75, 3.05) is 20.6 Å². The Bertz CT molecular complexity index is 476. The van der Waals surface area contributed by atoms with Crippen LogP contribution < -0.4 is 0 Å². The molecule has 1 heterocycles. The van der Waals surface area contributed by atoms with E-state index < -0.39 is 0 Å². The summed E-state index contributed by atoms with van der Waals surface area (Å²) in [7, 11) is 4.38. The molecule has 1 saturated heterocycles. The molecular formula is C21H36N2. The van der Waals surface area contributed by atoms with E-state index in [4.69, 9.17) is 0 Å². The summed E-state index contributed by atoms with van der Waals surface area (Å²) in [6.45, 7) is 8.69. The molecule has 5 fully saturated rings. The summed E-state index contributed by atoms with van der Waals surface area (Å²) < 4.78 is 0. The quantitative estimate of drug-likeness (QED) is 0.704. The molecule has 5 aliphatic rings. The van der Waals surface area contributed by atoms with Crippen LogP contribution >= 0.6 is 0 Å². The largest absolute Gasteiger partial charge is 0.303 e. The van der Waals surface area contributed by atoms with Gasteiger partial charge in [-0.05, 0) is 79.6 Å². The number of fused-ring (bicyclic) bond motifs is 2. The first-order chi connectivity index (χ1) is 11.1. The molecule has 5 rings (SSSR count). The van der Waals surface area contributed by atoms with E-state index >= 15 is 0 Å². The maximum absolute atomic E-state index is 4.44. The van der Waals surface area contributed by atoms with Gasteiger partial charge in [0.1, 0.15) is 0 Å². The second-order valence-electron chi connectivity index (χ2n) is 9.34. The van der Waals surface area contributed by atoms with Crippen LogP contribution in [0, 0.1) is 46.8 Å². The van der Waals surface area contributed by atoms with Crippen molar-refractivity contribution in [1.82, 2.24) is 4.90 Å². The molecule has 0 N–H and O–H groups in total. The highest BCUT2D eigenvalue weighted by Crippen LogP contribution is 2.79. The summed E-state index contributed by atoms with van der Waals surface area (Å²) in [5.41, 5.74) is 0.574. The van der Waals surface area contributed by atoms with Crippen molar-refractivity contribution in [2.45, 2.75) is 58.9 Å². The van der Waals surface area contributed by atoms with E-state index in [1.807, 2.05) is 7.05 Å². The average molecular weight is 317 g/mol. The van der Waals surface area contributed by atoms with Crippen molar-refractivity contribution in [1.29, 1.82) is 0 Å². The summed E-state index contributed by atoms with van der Waals surface area (Å²) >= 11 is 0. The Hall–Kier alpha value is -0.370. The third-order valence-corrected chi connectivity index (χ3v) is 8.63. The molecule has 7 atom stereocenters. The van der Waals surface area contributed by atoms with Crippen LogP contribution in [0.4, 0.5) is 0 Å². The van der Waals surface area contributed by atoms with E-state index in [-0.39, 0.29) is 0 Å². The van der Waals surface area contributed by atoms with Gasteiger partial charge < -0.3 is 9.89 Å². The molecule has 1 aliphatic heterocycles. The fourth-order valence-corrected chi connectivity index (χ4v) is 7.06. The Kier molecular flexibility index (Phi) is 3.91. The summed E-state index contributed by atoms with van der Waals surface area (Å²) in [6.07, 6.45) is 9.30. The molecule has 2 heteroatoms. The zero-order chi connectivity index (χ0) is 16.4. The van der Waals surface area contributed by atoms with Crippen molar-refractivity contribution >= 4 is 6.21 Å². The molecule has 0 aromatic carbocycles. The van der Waals surface area contributed by atoms with Gasteiger partial charge in [0.15, 0.2) is 0 Å². The number of piperidine rings is 1. The molecular weight excluding hydrogens is 280 g/mol. The second kappa shape index (κ2) is 5.58. The van der Waals surface area contributed by atoms with Crippen LogP contribution in [0.3, 0.4) is 0 Å². The topological polar surface area (TPSA) is 15.6 Å². The maximum atomic E-state index is 4.44. The Balaban J connectivity index is 1.65. The van der Waals surface area contributed by atoms with Crippen molar-refractivity contribution in [2.24, 2.45) is 51.8 Å². The van der Waals surface area contributed by atoms with Gasteiger partial charge in [0.05, 0.1) is 0 Å². The van der Waals surface area contributed by atoms with Crippen molar-refractivity contribution in [3.05, 3.63) is 0 Å². The molecule has 2 nitrogen and oxygen atoms in total. The summed E-state index contributed by atoms with van der Waals surface area (Å²) in [4.78, 5) is 7.20. The van der Waals surface area contributed by atoms with Crippen molar-refractivity contribution < 1.29 is 0 Å². The van der Waals surface area contributed by atoms with Gasteiger partial charge in [-0.1, -0.05) is 27.2 Å². The van der Waals surface area contributed by atoms with Crippen LogP contribution in [0.1, 0.15) is 52.9 Å². The SMILES string of the molecule is CCC(C=NC)C1CN(C)C2CC1(CC)CCC(C)C1C3C1C32. The van der Waals surface area contributed by atoms with E-state index in [2.05, 4.69) is 43.9 Å². The molecule has 0 aromatic rings. The summed E-state index contributed by atoms with van der Waals surface area (Å²) in [6, 6.07) is 0.888. The summed E-state index contributed by atoms with van der Waals surface area (Å²) in [5.74, 6) is 6.88. The standard InChI is InChI=1S/C21H36N2/c1-6-14(11-22-4)15-12-23(5)16-10-21(15,7-2)9-8-13(3)17-19-18(16)20(17)19/h11,13-20H,6-10,12H2,1-5H3. The van der Waals surface area contributed by atoms with E-state index in [1.165, 1.54) is 38.6 Å².